The van der Waals surface area contributed by atoms with Crippen molar-refractivity contribution >= 4 is 10.9 Å². The first-order valence-electron chi connectivity index (χ1n) is 5.84. The van der Waals surface area contributed by atoms with E-state index < -0.39 is 0 Å². The lowest BCUT2D eigenvalue weighted by molar-refractivity contribution is 0.623. The number of fused-ring (bicyclic) bond motifs is 1. The largest absolute Gasteiger partial charge is 0.323 e. The molecule has 0 saturated heterocycles. The van der Waals surface area contributed by atoms with Crippen molar-refractivity contribution in [2.24, 2.45) is 5.73 Å². The number of nitrogens with two attached hydrogens (primary N) is 1. The number of rotatable bonds is 3. The molecule has 1 heterocycles. The molecule has 1 atom stereocenters. The third-order valence-electron chi connectivity index (χ3n) is 2.92. The molecule has 16 heavy (non-hydrogen) atoms. The van der Waals surface area contributed by atoms with E-state index in [-0.39, 0.29) is 6.04 Å². The summed E-state index contributed by atoms with van der Waals surface area (Å²) >= 11 is 0. The number of hydrogen-bond acceptors (Lipinski definition) is 2. The Morgan fingerprint density at radius 2 is 2.06 bits per heavy atom. The fourth-order valence-corrected chi connectivity index (χ4v) is 2.02. The van der Waals surface area contributed by atoms with Crippen LogP contribution in [0.5, 0.6) is 0 Å². The number of aromatic nitrogens is 1. The SMILES string of the molecule is CCCC(N)c1cc(C)c2ccccc2n1. The molecule has 2 rings (SSSR count). The maximum atomic E-state index is 6.10. The summed E-state index contributed by atoms with van der Waals surface area (Å²) in [6.45, 7) is 4.26. The molecule has 2 nitrogen and oxygen atoms in total. The number of nitrogens with zero attached hydrogens (tertiary/aromatic N) is 1. The van der Waals surface area contributed by atoms with Crippen molar-refractivity contribution in [2.75, 3.05) is 0 Å². The minimum absolute atomic E-state index is 0.0632. The van der Waals surface area contributed by atoms with Gasteiger partial charge in [-0.1, -0.05) is 31.5 Å². The van der Waals surface area contributed by atoms with Gasteiger partial charge in [-0.05, 0) is 31.0 Å². The summed E-state index contributed by atoms with van der Waals surface area (Å²) in [5, 5.41) is 1.22. The van der Waals surface area contributed by atoms with Crippen LogP contribution in [0.15, 0.2) is 30.3 Å². The lowest BCUT2D eigenvalue weighted by Crippen LogP contribution is -2.12. The van der Waals surface area contributed by atoms with Crippen molar-refractivity contribution in [1.29, 1.82) is 0 Å². The number of pyridine rings is 1. The topological polar surface area (TPSA) is 38.9 Å². The third kappa shape index (κ3) is 2.07. The Kier molecular flexibility index (Phi) is 3.20. The summed E-state index contributed by atoms with van der Waals surface area (Å²) in [5.74, 6) is 0. The maximum absolute atomic E-state index is 6.10. The molecule has 0 aliphatic rings. The normalized spacial score (nSPS) is 12.9. The predicted molar refractivity (Wildman–Crippen MR) is 68.3 cm³/mol. The summed E-state index contributed by atoms with van der Waals surface area (Å²) in [7, 11) is 0. The molecule has 0 saturated carbocycles. The fraction of sp³-hybridized carbons (Fsp3) is 0.357. The van der Waals surface area contributed by atoms with E-state index in [0.717, 1.165) is 24.1 Å². The van der Waals surface area contributed by atoms with Crippen LogP contribution in [-0.2, 0) is 0 Å². The molecule has 2 aromatic rings. The Morgan fingerprint density at radius 1 is 1.31 bits per heavy atom. The summed E-state index contributed by atoms with van der Waals surface area (Å²) in [4.78, 5) is 4.63. The number of aryl methyl sites for hydroxylation is 1. The second-order valence-electron chi connectivity index (χ2n) is 4.28. The van der Waals surface area contributed by atoms with Crippen molar-refractivity contribution in [3.05, 3.63) is 41.6 Å². The molecule has 1 aromatic heterocycles. The quantitative estimate of drug-likeness (QED) is 0.851. The molecule has 0 spiro atoms. The monoisotopic (exact) mass is 214 g/mol. The molecule has 84 valence electrons. The van der Waals surface area contributed by atoms with Gasteiger partial charge in [0.1, 0.15) is 0 Å². The summed E-state index contributed by atoms with van der Waals surface area (Å²) < 4.78 is 0. The molecule has 0 bridgehead atoms. The smallest absolute Gasteiger partial charge is 0.0708 e. The second kappa shape index (κ2) is 4.62. The lowest BCUT2D eigenvalue weighted by Gasteiger charge is -2.12. The Hall–Kier alpha value is -1.41. The average molecular weight is 214 g/mol. The van der Waals surface area contributed by atoms with Crippen molar-refractivity contribution in [2.45, 2.75) is 32.7 Å². The average Bonchev–Trinajstić information content (AvgIpc) is 2.29. The molecular formula is C14H18N2. The molecule has 2 N–H and O–H groups in total. The van der Waals surface area contributed by atoms with Gasteiger partial charge in [0.25, 0.3) is 0 Å². The first-order valence-corrected chi connectivity index (χ1v) is 5.84. The van der Waals surface area contributed by atoms with E-state index in [1.54, 1.807) is 0 Å². The highest BCUT2D eigenvalue weighted by molar-refractivity contribution is 5.82. The zero-order valence-electron chi connectivity index (χ0n) is 9.90. The highest BCUT2D eigenvalue weighted by Crippen LogP contribution is 2.21. The van der Waals surface area contributed by atoms with Gasteiger partial charge in [0.15, 0.2) is 0 Å². The van der Waals surface area contributed by atoms with Gasteiger partial charge in [0, 0.05) is 11.4 Å². The van der Waals surface area contributed by atoms with Crippen molar-refractivity contribution in [1.82, 2.24) is 4.98 Å². The maximum Gasteiger partial charge on any atom is 0.0708 e. The Labute approximate surface area is 96.5 Å². The summed E-state index contributed by atoms with van der Waals surface area (Å²) in [6, 6.07) is 10.4. The van der Waals surface area contributed by atoms with Gasteiger partial charge in [-0.3, -0.25) is 4.98 Å². The van der Waals surface area contributed by atoms with Gasteiger partial charge >= 0.3 is 0 Å². The van der Waals surface area contributed by atoms with E-state index >= 15 is 0 Å². The fourth-order valence-electron chi connectivity index (χ4n) is 2.02. The second-order valence-corrected chi connectivity index (χ2v) is 4.28. The van der Waals surface area contributed by atoms with E-state index in [1.165, 1.54) is 10.9 Å². The van der Waals surface area contributed by atoms with Crippen LogP contribution in [-0.4, -0.2) is 4.98 Å². The van der Waals surface area contributed by atoms with E-state index in [0.29, 0.717) is 0 Å². The van der Waals surface area contributed by atoms with Crippen molar-refractivity contribution in [3.8, 4) is 0 Å². The van der Waals surface area contributed by atoms with Crippen molar-refractivity contribution < 1.29 is 0 Å². The number of hydrogen-bond donors (Lipinski definition) is 1. The molecule has 0 aliphatic heterocycles. The Bertz CT molecular complexity index is 491. The minimum atomic E-state index is 0.0632. The molecule has 0 aliphatic carbocycles. The van der Waals surface area contributed by atoms with Crippen LogP contribution in [0.4, 0.5) is 0 Å². The van der Waals surface area contributed by atoms with E-state index in [2.05, 4.69) is 31.0 Å². The van der Waals surface area contributed by atoms with Gasteiger partial charge in [-0.15, -0.1) is 0 Å². The number of para-hydroxylation sites is 1. The third-order valence-corrected chi connectivity index (χ3v) is 2.92. The van der Waals surface area contributed by atoms with Crippen LogP contribution < -0.4 is 5.73 Å². The first kappa shape index (κ1) is 11.1. The highest BCUT2D eigenvalue weighted by Gasteiger charge is 2.08. The van der Waals surface area contributed by atoms with Gasteiger partial charge in [-0.2, -0.15) is 0 Å². The molecule has 2 heteroatoms. The standard InChI is InChI=1S/C14H18N2/c1-3-6-12(15)14-9-10(2)11-7-4-5-8-13(11)16-14/h4-5,7-9,12H,3,6,15H2,1-2H3. The zero-order chi connectivity index (χ0) is 11.5. The molecule has 0 radical (unpaired) electrons. The van der Waals surface area contributed by atoms with Crippen LogP contribution in [0, 0.1) is 6.92 Å². The zero-order valence-corrected chi connectivity index (χ0v) is 9.90. The lowest BCUT2D eigenvalue weighted by atomic mass is 10.0. The van der Waals surface area contributed by atoms with E-state index in [9.17, 15) is 0 Å². The summed E-state index contributed by atoms with van der Waals surface area (Å²) in [5.41, 5.74) is 9.42. The van der Waals surface area contributed by atoms with E-state index in [4.69, 9.17) is 5.73 Å². The highest BCUT2D eigenvalue weighted by atomic mass is 14.8. The van der Waals surface area contributed by atoms with Gasteiger partial charge in [0.2, 0.25) is 0 Å². The molecule has 1 unspecified atom stereocenters. The van der Waals surface area contributed by atoms with Gasteiger partial charge < -0.3 is 5.73 Å². The molecule has 0 fully saturated rings. The van der Waals surface area contributed by atoms with Crippen LogP contribution in [0.25, 0.3) is 10.9 Å². The van der Waals surface area contributed by atoms with Gasteiger partial charge in [-0.25, -0.2) is 0 Å². The van der Waals surface area contributed by atoms with Crippen LogP contribution in [0.1, 0.15) is 37.1 Å². The molecule has 1 aromatic carbocycles. The molecule has 0 amide bonds. The first-order chi connectivity index (χ1) is 7.72. The molecular weight excluding hydrogens is 196 g/mol. The predicted octanol–water partition coefficient (Wildman–Crippen LogP) is 3.34. The number of benzene rings is 1. The van der Waals surface area contributed by atoms with Crippen LogP contribution >= 0.6 is 0 Å². The van der Waals surface area contributed by atoms with Gasteiger partial charge in [0.05, 0.1) is 11.2 Å². The summed E-state index contributed by atoms with van der Waals surface area (Å²) in [6.07, 6.45) is 2.08. The Balaban J connectivity index is 2.49. The minimum Gasteiger partial charge on any atom is -0.323 e. The van der Waals surface area contributed by atoms with Crippen LogP contribution in [0.2, 0.25) is 0 Å². The Morgan fingerprint density at radius 3 is 2.81 bits per heavy atom. The van der Waals surface area contributed by atoms with Crippen LogP contribution in [0.3, 0.4) is 0 Å². The van der Waals surface area contributed by atoms with E-state index in [1.807, 2.05) is 18.2 Å². The van der Waals surface area contributed by atoms with Crippen molar-refractivity contribution in [3.63, 3.8) is 0 Å².